The smallest absolute Gasteiger partial charge is 0.241 e. The van der Waals surface area contributed by atoms with Gasteiger partial charge in [-0.25, -0.2) is 5.43 Å². The van der Waals surface area contributed by atoms with Gasteiger partial charge in [-0.15, -0.1) is 0 Å². The van der Waals surface area contributed by atoms with Gasteiger partial charge in [-0.05, 0) is 61.9 Å². The highest BCUT2D eigenvalue weighted by Crippen LogP contribution is 2.22. The van der Waals surface area contributed by atoms with E-state index in [1.54, 1.807) is 18.3 Å². The van der Waals surface area contributed by atoms with E-state index in [-0.39, 0.29) is 5.91 Å². The van der Waals surface area contributed by atoms with Gasteiger partial charge in [-0.1, -0.05) is 29.3 Å². The first-order valence-electron chi connectivity index (χ1n) is 9.40. The lowest BCUT2D eigenvalue weighted by atomic mass is 10.2. The van der Waals surface area contributed by atoms with E-state index < -0.39 is 0 Å². The summed E-state index contributed by atoms with van der Waals surface area (Å²) in [6.07, 6.45) is 1.89. The molecule has 0 bridgehead atoms. The Hall–Kier alpha value is -2.83. The largest absolute Gasteiger partial charge is 0.489 e. The van der Waals surface area contributed by atoms with Crippen LogP contribution in [0.5, 0.6) is 5.75 Å². The Morgan fingerprint density at radius 2 is 1.93 bits per heavy atom. The minimum atomic E-state index is -0.168. The number of rotatable bonds is 8. The number of nitrogens with zero attached hydrogens (tertiary/aromatic N) is 3. The van der Waals surface area contributed by atoms with Crippen molar-refractivity contribution in [1.29, 1.82) is 0 Å². The van der Waals surface area contributed by atoms with Crippen molar-refractivity contribution < 1.29 is 9.53 Å². The van der Waals surface area contributed by atoms with Gasteiger partial charge in [0, 0.05) is 27.7 Å². The lowest BCUT2D eigenvalue weighted by molar-refractivity contribution is -0.121. The lowest BCUT2D eigenvalue weighted by Gasteiger charge is -2.08. The molecule has 0 atom stereocenters. The molecule has 0 saturated carbocycles. The van der Waals surface area contributed by atoms with E-state index in [4.69, 9.17) is 27.9 Å². The van der Waals surface area contributed by atoms with Crippen molar-refractivity contribution in [3.8, 4) is 5.75 Å². The molecule has 156 valence electrons. The molecule has 2 aromatic carbocycles. The maximum atomic E-state index is 11.9. The van der Waals surface area contributed by atoms with Crippen LogP contribution in [-0.4, -0.2) is 21.9 Å². The fourth-order valence-electron chi connectivity index (χ4n) is 2.79. The molecular weight excluding hydrogens is 423 g/mol. The number of carbonyl (C=O) groups is 1. The molecule has 0 radical (unpaired) electrons. The second kappa shape index (κ2) is 10.3. The van der Waals surface area contributed by atoms with E-state index in [0.29, 0.717) is 35.4 Å². The van der Waals surface area contributed by atoms with Gasteiger partial charge in [0.15, 0.2) is 0 Å². The van der Waals surface area contributed by atoms with Crippen LogP contribution in [0.15, 0.2) is 53.6 Å². The van der Waals surface area contributed by atoms with Crippen LogP contribution < -0.4 is 10.2 Å². The van der Waals surface area contributed by atoms with Crippen molar-refractivity contribution in [2.75, 3.05) is 0 Å². The molecule has 1 N–H and O–H groups in total. The van der Waals surface area contributed by atoms with Crippen LogP contribution >= 0.6 is 23.2 Å². The molecule has 3 rings (SSSR count). The van der Waals surface area contributed by atoms with Crippen molar-refractivity contribution in [2.45, 2.75) is 33.4 Å². The summed E-state index contributed by atoms with van der Waals surface area (Å²) in [6.45, 7) is 4.75. The van der Waals surface area contributed by atoms with Crippen LogP contribution in [0.25, 0.3) is 0 Å². The summed E-state index contributed by atoms with van der Waals surface area (Å²) in [4.78, 5) is 11.9. The molecule has 0 fully saturated rings. The first-order chi connectivity index (χ1) is 14.4. The fourth-order valence-corrected chi connectivity index (χ4v) is 3.26. The Balaban J connectivity index is 1.44. The monoisotopic (exact) mass is 444 g/mol. The number of aryl methyl sites for hydroxylation is 3. The molecule has 0 aliphatic carbocycles. The van der Waals surface area contributed by atoms with Gasteiger partial charge >= 0.3 is 0 Å². The fraction of sp³-hybridized carbons (Fsp3) is 0.227. The second-order valence-electron chi connectivity index (χ2n) is 6.79. The number of amides is 1. The van der Waals surface area contributed by atoms with Gasteiger partial charge in [0.2, 0.25) is 5.91 Å². The summed E-state index contributed by atoms with van der Waals surface area (Å²) in [5, 5.41) is 9.49. The van der Waals surface area contributed by atoms with Crippen molar-refractivity contribution in [3.05, 3.63) is 81.1 Å². The van der Waals surface area contributed by atoms with Gasteiger partial charge in [-0.2, -0.15) is 10.2 Å². The Bertz CT molecular complexity index is 1050. The molecule has 1 heterocycles. The quantitative estimate of drug-likeness (QED) is 0.395. The van der Waals surface area contributed by atoms with E-state index in [1.807, 2.05) is 54.9 Å². The SMILES string of the molecule is Cc1cc(C)n(CCC(=O)N/N=C\c2ccc(OCc3ccc(Cl)cc3Cl)cc2)n1. The average Bonchev–Trinajstić information content (AvgIpc) is 3.04. The van der Waals surface area contributed by atoms with Crippen LogP contribution in [0.3, 0.4) is 0 Å². The number of ether oxygens (including phenoxy) is 1. The molecule has 0 aliphatic rings. The summed E-state index contributed by atoms with van der Waals surface area (Å²) in [7, 11) is 0. The van der Waals surface area contributed by atoms with E-state index in [0.717, 1.165) is 22.5 Å². The number of aromatic nitrogens is 2. The molecule has 0 unspecified atom stereocenters. The van der Waals surface area contributed by atoms with Crippen LogP contribution in [0, 0.1) is 13.8 Å². The van der Waals surface area contributed by atoms with Crippen LogP contribution in [-0.2, 0) is 17.9 Å². The zero-order valence-corrected chi connectivity index (χ0v) is 18.2. The lowest BCUT2D eigenvalue weighted by Crippen LogP contribution is -2.20. The number of hydrogen-bond acceptors (Lipinski definition) is 4. The molecule has 3 aromatic rings. The van der Waals surface area contributed by atoms with E-state index >= 15 is 0 Å². The summed E-state index contributed by atoms with van der Waals surface area (Å²) in [6, 6.07) is 14.6. The van der Waals surface area contributed by atoms with Crippen molar-refractivity contribution >= 4 is 35.3 Å². The van der Waals surface area contributed by atoms with Gasteiger partial charge in [0.1, 0.15) is 12.4 Å². The number of hydrogen-bond donors (Lipinski definition) is 1. The topological polar surface area (TPSA) is 68.5 Å². The van der Waals surface area contributed by atoms with E-state index in [2.05, 4.69) is 15.6 Å². The van der Waals surface area contributed by atoms with Crippen LogP contribution in [0.2, 0.25) is 10.0 Å². The van der Waals surface area contributed by atoms with E-state index in [1.165, 1.54) is 0 Å². The minimum Gasteiger partial charge on any atom is -0.489 e. The number of carbonyl (C=O) groups excluding carboxylic acids is 1. The summed E-state index contributed by atoms with van der Waals surface area (Å²) in [5.74, 6) is 0.533. The molecule has 6 nitrogen and oxygen atoms in total. The van der Waals surface area contributed by atoms with Crippen molar-refractivity contribution in [3.63, 3.8) is 0 Å². The molecule has 30 heavy (non-hydrogen) atoms. The zero-order valence-electron chi connectivity index (χ0n) is 16.7. The number of nitrogens with one attached hydrogen (secondary N) is 1. The van der Waals surface area contributed by atoms with Gasteiger partial charge in [-0.3, -0.25) is 9.48 Å². The predicted octanol–water partition coefficient (Wildman–Crippen LogP) is 4.93. The third-order valence-corrected chi connectivity index (χ3v) is 4.93. The summed E-state index contributed by atoms with van der Waals surface area (Å²) >= 11 is 12.0. The third kappa shape index (κ3) is 6.34. The minimum absolute atomic E-state index is 0.168. The highest BCUT2D eigenvalue weighted by atomic mass is 35.5. The standard InChI is InChI=1S/C22H22Cl2N4O2/c1-15-11-16(2)28(27-15)10-9-22(29)26-25-13-17-3-7-20(8-4-17)30-14-18-5-6-19(23)12-21(18)24/h3-8,11-13H,9-10,14H2,1-2H3,(H,26,29)/b25-13-. The van der Waals surface area contributed by atoms with Crippen molar-refractivity contribution in [1.82, 2.24) is 15.2 Å². The Morgan fingerprint density at radius 1 is 1.17 bits per heavy atom. The molecule has 1 aromatic heterocycles. The normalized spacial score (nSPS) is 11.1. The first-order valence-corrected chi connectivity index (χ1v) is 10.2. The number of hydrazone groups is 1. The van der Waals surface area contributed by atoms with Crippen LogP contribution in [0.1, 0.15) is 28.9 Å². The second-order valence-corrected chi connectivity index (χ2v) is 7.63. The van der Waals surface area contributed by atoms with Crippen molar-refractivity contribution in [2.24, 2.45) is 5.10 Å². The molecule has 8 heteroatoms. The Kier molecular flexibility index (Phi) is 7.49. The molecule has 1 amide bonds. The maximum Gasteiger partial charge on any atom is 0.241 e. The molecule has 0 saturated heterocycles. The van der Waals surface area contributed by atoms with Gasteiger partial charge in [0.25, 0.3) is 0 Å². The molecular formula is C22H22Cl2N4O2. The molecule has 0 spiro atoms. The first kappa shape index (κ1) is 21.9. The molecule has 0 aliphatic heterocycles. The van der Waals surface area contributed by atoms with Crippen LogP contribution in [0.4, 0.5) is 0 Å². The Labute approximate surface area is 185 Å². The zero-order chi connectivity index (χ0) is 21.5. The summed E-state index contributed by atoms with van der Waals surface area (Å²) < 4.78 is 7.56. The maximum absolute atomic E-state index is 11.9. The third-order valence-electron chi connectivity index (χ3n) is 4.35. The number of halogens is 2. The average molecular weight is 445 g/mol. The Morgan fingerprint density at radius 3 is 2.60 bits per heavy atom. The van der Waals surface area contributed by atoms with Gasteiger partial charge < -0.3 is 4.74 Å². The summed E-state index contributed by atoms with van der Waals surface area (Å²) in [5.41, 5.74) is 6.20. The highest BCUT2D eigenvalue weighted by Gasteiger charge is 2.05. The van der Waals surface area contributed by atoms with Gasteiger partial charge in [0.05, 0.1) is 18.5 Å². The number of benzene rings is 2. The highest BCUT2D eigenvalue weighted by molar-refractivity contribution is 6.35. The van der Waals surface area contributed by atoms with E-state index in [9.17, 15) is 4.79 Å². The predicted molar refractivity (Wildman–Crippen MR) is 119 cm³/mol.